The minimum absolute atomic E-state index is 0.223. The van der Waals surface area contributed by atoms with E-state index in [1.807, 2.05) is 0 Å². The van der Waals surface area contributed by atoms with Gasteiger partial charge >= 0.3 is 0 Å². The minimum atomic E-state index is -0.460. The van der Waals surface area contributed by atoms with Gasteiger partial charge in [-0.3, -0.25) is 4.79 Å². The molecular weight excluding hydrogens is 210 g/mol. The van der Waals surface area contributed by atoms with Crippen LogP contribution in [-0.4, -0.2) is 36.0 Å². The molecule has 1 N–H and O–H groups in total. The smallest absolute Gasteiger partial charge is 0.280 e. The second-order valence-corrected chi connectivity index (χ2v) is 3.76. The summed E-state index contributed by atoms with van der Waals surface area (Å²) >= 11 is 0. The lowest BCUT2D eigenvalue weighted by atomic mass is 10.3. The molecule has 2 heterocycles. The summed E-state index contributed by atoms with van der Waals surface area (Å²) in [7, 11) is 1.70. The molecule has 0 aliphatic carbocycles. The van der Waals surface area contributed by atoms with Crippen LogP contribution in [0.25, 0.3) is 11.0 Å². The van der Waals surface area contributed by atoms with Gasteiger partial charge < -0.3 is 5.11 Å². The molecule has 0 radical (unpaired) electrons. The second kappa shape index (κ2) is 4.01. The number of aliphatic hydroxyl groups excluding tert-OH is 1. The summed E-state index contributed by atoms with van der Waals surface area (Å²) in [5, 5.41) is 21.2. The van der Waals surface area contributed by atoms with Crippen molar-refractivity contribution in [3.05, 3.63) is 16.6 Å². The quantitative estimate of drug-likeness (QED) is 0.743. The first-order chi connectivity index (χ1) is 7.59. The molecule has 0 spiro atoms. The Kier molecular flexibility index (Phi) is 2.69. The maximum Gasteiger partial charge on any atom is 0.280 e. The summed E-state index contributed by atoms with van der Waals surface area (Å²) in [6.07, 6.45) is 1.49. The fourth-order valence-corrected chi connectivity index (χ4v) is 1.43. The Bertz CT molecular complexity index is 557. The van der Waals surface area contributed by atoms with Crippen LogP contribution < -0.4 is 5.56 Å². The molecule has 0 bridgehead atoms. The molecule has 1 atom stereocenters. The van der Waals surface area contributed by atoms with Crippen molar-refractivity contribution in [2.24, 2.45) is 7.05 Å². The van der Waals surface area contributed by atoms with Crippen molar-refractivity contribution in [1.82, 2.24) is 24.8 Å². The van der Waals surface area contributed by atoms with Crippen LogP contribution in [0.1, 0.15) is 13.3 Å². The molecule has 0 aliphatic rings. The van der Waals surface area contributed by atoms with E-state index >= 15 is 0 Å². The Morgan fingerprint density at radius 3 is 3.00 bits per heavy atom. The SMILES string of the molecule is CC(O)CCn1nnc2c(cnn2C)c1=O. The molecule has 86 valence electrons. The number of nitrogens with zero attached hydrogens (tertiary/aromatic N) is 5. The van der Waals surface area contributed by atoms with E-state index in [4.69, 9.17) is 5.11 Å². The van der Waals surface area contributed by atoms with Gasteiger partial charge in [0.1, 0.15) is 5.39 Å². The Morgan fingerprint density at radius 1 is 1.56 bits per heavy atom. The molecule has 2 aromatic rings. The normalized spacial score (nSPS) is 13.2. The number of aryl methyl sites for hydroxylation is 2. The maximum absolute atomic E-state index is 11.9. The summed E-state index contributed by atoms with van der Waals surface area (Å²) in [5.74, 6) is 0. The first kappa shape index (κ1) is 10.7. The zero-order valence-corrected chi connectivity index (χ0v) is 9.16. The fourth-order valence-electron chi connectivity index (χ4n) is 1.43. The van der Waals surface area contributed by atoms with Crippen LogP contribution in [0.15, 0.2) is 11.0 Å². The van der Waals surface area contributed by atoms with Gasteiger partial charge in [-0.05, 0) is 13.3 Å². The highest BCUT2D eigenvalue weighted by atomic mass is 16.3. The van der Waals surface area contributed by atoms with Crippen LogP contribution in [-0.2, 0) is 13.6 Å². The Labute approximate surface area is 91.3 Å². The highest BCUT2D eigenvalue weighted by Gasteiger charge is 2.09. The summed E-state index contributed by atoms with van der Waals surface area (Å²) in [4.78, 5) is 11.9. The van der Waals surface area contributed by atoms with Gasteiger partial charge in [0.15, 0.2) is 5.65 Å². The molecular formula is C9H13N5O2. The lowest BCUT2D eigenvalue weighted by Gasteiger charge is -2.04. The zero-order valence-electron chi connectivity index (χ0n) is 9.16. The van der Waals surface area contributed by atoms with Gasteiger partial charge in [0.25, 0.3) is 5.56 Å². The molecule has 0 aliphatic heterocycles. The average molecular weight is 223 g/mol. The van der Waals surface area contributed by atoms with E-state index in [0.717, 1.165) is 0 Å². The van der Waals surface area contributed by atoms with Crippen LogP contribution >= 0.6 is 0 Å². The van der Waals surface area contributed by atoms with E-state index in [-0.39, 0.29) is 5.56 Å². The summed E-state index contributed by atoms with van der Waals surface area (Å²) in [6, 6.07) is 0. The molecule has 0 fully saturated rings. The van der Waals surface area contributed by atoms with Crippen LogP contribution in [0.3, 0.4) is 0 Å². The number of rotatable bonds is 3. The molecule has 2 aromatic heterocycles. The molecule has 7 heteroatoms. The minimum Gasteiger partial charge on any atom is -0.393 e. The Balaban J connectivity index is 2.41. The van der Waals surface area contributed by atoms with Crippen molar-refractivity contribution in [2.75, 3.05) is 0 Å². The van der Waals surface area contributed by atoms with Gasteiger partial charge in [-0.15, -0.1) is 5.10 Å². The molecule has 0 saturated heterocycles. The van der Waals surface area contributed by atoms with E-state index in [2.05, 4.69) is 15.4 Å². The van der Waals surface area contributed by atoms with Crippen LogP contribution in [0, 0.1) is 0 Å². The molecule has 0 saturated carbocycles. The molecule has 0 aromatic carbocycles. The van der Waals surface area contributed by atoms with Crippen LogP contribution in [0.2, 0.25) is 0 Å². The summed E-state index contributed by atoms with van der Waals surface area (Å²) in [5.41, 5.74) is 0.247. The number of hydrogen-bond donors (Lipinski definition) is 1. The van der Waals surface area contributed by atoms with Gasteiger partial charge in [0.05, 0.1) is 12.3 Å². The fraction of sp³-hybridized carbons (Fsp3) is 0.556. The van der Waals surface area contributed by atoms with Crippen LogP contribution in [0.4, 0.5) is 0 Å². The third-order valence-corrected chi connectivity index (χ3v) is 2.38. The second-order valence-electron chi connectivity index (χ2n) is 3.76. The zero-order chi connectivity index (χ0) is 11.7. The molecule has 2 rings (SSSR count). The third-order valence-electron chi connectivity index (χ3n) is 2.38. The lowest BCUT2D eigenvalue weighted by Crippen LogP contribution is -2.25. The van der Waals surface area contributed by atoms with Gasteiger partial charge in [-0.2, -0.15) is 5.10 Å². The first-order valence-electron chi connectivity index (χ1n) is 5.03. The molecule has 1 unspecified atom stereocenters. The predicted octanol–water partition coefficient (Wildman–Crippen LogP) is -0.704. The van der Waals surface area contributed by atoms with Crippen molar-refractivity contribution < 1.29 is 5.11 Å². The number of fused-ring (bicyclic) bond motifs is 1. The third kappa shape index (κ3) is 1.81. The predicted molar refractivity (Wildman–Crippen MR) is 56.9 cm³/mol. The first-order valence-corrected chi connectivity index (χ1v) is 5.03. The van der Waals surface area contributed by atoms with Gasteiger partial charge in [0.2, 0.25) is 0 Å². The van der Waals surface area contributed by atoms with E-state index < -0.39 is 6.10 Å². The lowest BCUT2D eigenvalue weighted by molar-refractivity contribution is 0.175. The monoisotopic (exact) mass is 223 g/mol. The molecule has 0 amide bonds. The van der Waals surface area contributed by atoms with Gasteiger partial charge in [-0.1, -0.05) is 5.21 Å². The van der Waals surface area contributed by atoms with E-state index in [9.17, 15) is 4.79 Å². The molecule has 7 nitrogen and oxygen atoms in total. The maximum atomic E-state index is 11.9. The summed E-state index contributed by atoms with van der Waals surface area (Å²) in [6.45, 7) is 2.02. The molecule has 16 heavy (non-hydrogen) atoms. The highest BCUT2D eigenvalue weighted by Crippen LogP contribution is 2.02. The Hall–Kier alpha value is -1.76. The van der Waals surface area contributed by atoms with Gasteiger partial charge in [0, 0.05) is 13.6 Å². The number of hydrogen-bond acceptors (Lipinski definition) is 5. The van der Waals surface area contributed by atoms with Crippen LogP contribution in [0.5, 0.6) is 0 Å². The van der Waals surface area contributed by atoms with Crippen molar-refractivity contribution in [2.45, 2.75) is 26.0 Å². The largest absolute Gasteiger partial charge is 0.393 e. The number of aliphatic hydroxyl groups is 1. The van der Waals surface area contributed by atoms with Crippen molar-refractivity contribution in [1.29, 1.82) is 0 Å². The summed E-state index contributed by atoms with van der Waals surface area (Å²) < 4.78 is 2.75. The van der Waals surface area contributed by atoms with Gasteiger partial charge in [-0.25, -0.2) is 9.36 Å². The van der Waals surface area contributed by atoms with Crippen molar-refractivity contribution in [3.8, 4) is 0 Å². The number of aromatic nitrogens is 5. The van der Waals surface area contributed by atoms with Crippen molar-refractivity contribution >= 4 is 11.0 Å². The highest BCUT2D eigenvalue weighted by molar-refractivity contribution is 5.72. The van der Waals surface area contributed by atoms with E-state index in [0.29, 0.717) is 24.0 Å². The van der Waals surface area contributed by atoms with Crippen molar-refractivity contribution in [3.63, 3.8) is 0 Å². The van der Waals surface area contributed by atoms with E-state index in [1.54, 1.807) is 14.0 Å². The topological polar surface area (TPSA) is 85.8 Å². The average Bonchev–Trinajstić information content (AvgIpc) is 2.60. The van der Waals surface area contributed by atoms with E-state index in [1.165, 1.54) is 15.6 Å². The Morgan fingerprint density at radius 2 is 2.31 bits per heavy atom. The standard InChI is InChI=1S/C9H13N5O2/c1-6(15)3-4-14-9(16)7-5-10-13(2)8(7)11-12-14/h5-6,15H,3-4H2,1-2H3.